The van der Waals surface area contributed by atoms with Gasteiger partial charge >= 0.3 is 6.03 Å². The lowest BCUT2D eigenvalue weighted by molar-refractivity contribution is 0.248. The van der Waals surface area contributed by atoms with Crippen molar-refractivity contribution < 1.29 is 4.79 Å². The fourth-order valence-electron chi connectivity index (χ4n) is 3.78. The number of amides is 2. The van der Waals surface area contributed by atoms with Crippen LogP contribution in [0.1, 0.15) is 49.9 Å². The van der Waals surface area contributed by atoms with Gasteiger partial charge in [-0.15, -0.1) is 0 Å². The quantitative estimate of drug-likeness (QED) is 0.649. The summed E-state index contributed by atoms with van der Waals surface area (Å²) in [5, 5.41) is 8.14. The van der Waals surface area contributed by atoms with Crippen molar-refractivity contribution in [1.82, 2.24) is 10.3 Å². The molecule has 4 nitrogen and oxygen atoms in total. The highest BCUT2D eigenvalue weighted by Crippen LogP contribution is 2.34. The van der Waals surface area contributed by atoms with E-state index in [0.717, 1.165) is 29.3 Å². The van der Waals surface area contributed by atoms with Crippen LogP contribution >= 0.6 is 0 Å². The van der Waals surface area contributed by atoms with Crippen LogP contribution in [0.3, 0.4) is 0 Å². The van der Waals surface area contributed by atoms with E-state index in [1.165, 1.54) is 16.7 Å². The average Bonchev–Trinajstić information content (AvgIpc) is 3.03. The van der Waals surface area contributed by atoms with Crippen LogP contribution in [0.15, 0.2) is 54.9 Å². The van der Waals surface area contributed by atoms with Gasteiger partial charge in [-0.05, 0) is 47.1 Å². The predicted molar refractivity (Wildman–Crippen MR) is 110 cm³/mol. The zero-order valence-corrected chi connectivity index (χ0v) is 16.0. The Labute approximate surface area is 160 Å². The van der Waals surface area contributed by atoms with Gasteiger partial charge in [0.1, 0.15) is 0 Å². The smallest absolute Gasteiger partial charge is 0.319 e. The van der Waals surface area contributed by atoms with E-state index in [-0.39, 0.29) is 17.5 Å². The number of hydrogen-bond donors (Lipinski definition) is 2. The lowest BCUT2D eigenvalue weighted by atomic mass is 9.85. The van der Waals surface area contributed by atoms with Gasteiger partial charge in [0.05, 0.1) is 11.7 Å². The van der Waals surface area contributed by atoms with Crippen molar-refractivity contribution in [2.45, 2.75) is 45.1 Å². The maximum atomic E-state index is 12.6. The monoisotopic (exact) mass is 359 g/mol. The van der Waals surface area contributed by atoms with Crippen molar-refractivity contribution >= 4 is 22.5 Å². The number of pyridine rings is 1. The Morgan fingerprint density at radius 2 is 2.00 bits per heavy atom. The maximum absolute atomic E-state index is 12.6. The SMILES string of the molecule is CC(C)(C)c1ccc2c(c1)CCC2NC(=O)Nc1cccc2cnccc12. The van der Waals surface area contributed by atoms with Crippen LogP contribution in [0.4, 0.5) is 10.5 Å². The molecule has 2 amide bonds. The first-order chi connectivity index (χ1) is 12.9. The maximum Gasteiger partial charge on any atom is 0.319 e. The summed E-state index contributed by atoms with van der Waals surface area (Å²) < 4.78 is 0. The highest BCUT2D eigenvalue weighted by molar-refractivity contribution is 6.01. The van der Waals surface area contributed by atoms with Gasteiger partial charge in [0.15, 0.2) is 0 Å². The summed E-state index contributed by atoms with van der Waals surface area (Å²) in [7, 11) is 0. The van der Waals surface area contributed by atoms with Crippen LogP contribution in [0.2, 0.25) is 0 Å². The van der Waals surface area contributed by atoms with E-state index in [4.69, 9.17) is 0 Å². The molecule has 0 radical (unpaired) electrons. The van der Waals surface area contributed by atoms with E-state index in [0.29, 0.717) is 0 Å². The number of nitrogens with one attached hydrogen (secondary N) is 2. The fraction of sp³-hybridized carbons (Fsp3) is 0.304. The number of carbonyl (C=O) groups is 1. The van der Waals surface area contributed by atoms with Crippen LogP contribution in [0.5, 0.6) is 0 Å². The summed E-state index contributed by atoms with van der Waals surface area (Å²) in [5.41, 5.74) is 4.87. The van der Waals surface area contributed by atoms with Crippen LogP contribution in [-0.4, -0.2) is 11.0 Å². The van der Waals surface area contributed by atoms with Crippen molar-refractivity contribution in [3.05, 3.63) is 71.5 Å². The number of benzene rings is 2. The summed E-state index contributed by atoms with van der Waals surface area (Å²) >= 11 is 0. The first-order valence-electron chi connectivity index (χ1n) is 9.45. The lowest BCUT2D eigenvalue weighted by Gasteiger charge is -2.21. The molecule has 4 heteroatoms. The molecule has 0 bridgehead atoms. The summed E-state index contributed by atoms with van der Waals surface area (Å²) in [4.78, 5) is 16.7. The first-order valence-corrected chi connectivity index (χ1v) is 9.45. The van der Waals surface area contributed by atoms with Crippen molar-refractivity contribution in [1.29, 1.82) is 0 Å². The summed E-state index contributed by atoms with van der Waals surface area (Å²) in [5.74, 6) is 0. The minimum atomic E-state index is -0.169. The number of nitrogens with zero attached hydrogens (tertiary/aromatic N) is 1. The highest BCUT2D eigenvalue weighted by atomic mass is 16.2. The molecule has 0 spiro atoms. The molecule has 0 saturated heterocycles. The fourth-order valence-corrected chi connectivity index (χ4v) is 3.78. The molecule has 2 aromatic carbocycles. The molecular weight excluding hydrogens is 334 g/mol. The first kappa shape index (κ1) is 17.5. The normalized spacial score (nSPS) is 16.2. The third-order valence-corrected chi connectivity index (χ3v) is 5.32. The van der Waals surface area contributed by atoms with Crippen LogP contribution in [-0.2, 0) is 11.8 Å². The zero-order valence-electron chi connectivity index (χ0n) is 16.0. The van der Waals surface area contributed by atoms with Gasteiger partial charge in [0, 0.05) is 23.2 Å². The van der Waals surface area contributed by atoms with E-state index in [2.05, 4.69) is 54.6 Å². The number of rotatable bonds is 2. The van der Waals surface area contributed by atoms with Crippen molar-refractivity contribution in [2.75, 3.05) is 5.32 Å². The number of fused-ring (bicyclic) bond motifs is 2. The molecule has 138 valence electrons. The Bertz CT molecular complexity index is 999. The number of carbonyl (C=O) groups excluding carboxylic acids is 1. The number of urea groups is 1. The zero-order chi connectivity index (χ0) is 19.0. The van der Waals surface area contributed by atoms with Crippen molar-refractivity contribution in [3.8, 4) is 0 Å². The van der Waals surface area contributed by atoms with Gasteiger partial charge in [-0.25, -0.2) is 4.79 Å². The second-order valence-electron chi connectivity index (χ2n) is 8.26. The second kappa shape index (κ2) is 6.69. The van der Waals surface area contributed by atoms with Crippen molar-refractivity contribution in [2.24, 2.45) is 0 Å². The standard InChI is InChI=1S/C23H25N3O/c1-23(2,3)17-8-9-18-15(13-17)7-10-21(18)26-22(27)25-20-6-4-5-16-14-24-12-11-19(16)20/h4-6,8-9,11-14,21H,7,10H2,1-3H3,(H2,25,26,27). The lowest BCUT2D eigenvalue weighted by Crippen LogP contribution is -2.31. The molecule has 1 unspecified atom stereocenters. The van der Waals surface area contributed by atoms with Crippen LogP contribution in [0.25, 0.3) is 10.8 Å². The third kappa shape index (κ3) is 3.52. The van der Waals surface area contributed by atoms with Gasteiger partial charge in [-0.1, -0.05) is 51.1 Å². The van der Waals surface area contributed by atoms with Gasteiger partial charge in [0.2, 0.25) is 0 Å². The number of aromatic nitrogens is 1. The molecule has 1 heterocycles. The number of hydrogen-bond acceptors (Lipinski definition) is 2. The number of aryl methyl sites for hydroxylation is 1. The molecule has 1 aliphatic carbocycles. The predicted octanol–water partition coefficient (Wildman–Crippen LogP) is 5.34. The van der Waals surface area contributed by atoms with Crippen molar-refractivity contribution in [3.63, 3.8) is 0 Å². The minimum Gasteiger partial charge on any atom is -0.331 e. The summed E-state index contributed by atoms with van der Waals surface area (Å²) in [6, 6.07) is 14.3. The van der Waals surface area contributed by atoms with E-state index in [1.807, 2.05) is 24.3 Å². The molecule has 0 saturated carbocycles. The molecule has 1 aliphatic rings. The Morgan fingerprint density at radius 1 is 1.15 bits per heavy atom. The molecule has 3 aromatic rings. The molecule has 4 rings (SSSR count). The molecule has 0 fully saturated rings. The molecule has 1 atom stereocenters. The van der Waals surface area contributed by atoms with Crippen LogP contribution < -0.4 is 10.6 Å². The molecular formula is C23H25N3O. The summed E-state index contributed by atoms with van der Waals surface area (Å²) in [6.45, 7) is 6.69. The van der Waals surface area contributed by atoms with Gasteiger partial charge in [0.25, 0.3) is 0 Å². The Balaban J connectivity index is 1.50. The largest absolute Gasteiger partial charge is 0.331 e. The molecule has 1 aromatic heterocycles. The topological polar surface area (TPSA) is 54.0 Å². The second-order valence-corrected chi connectivity index (χ2v) is 8.26. The number of anilines is 1. The molecule has 0 aliphatic heterocycles. The van der Waals surface area contributed by atoms with E-state index in [1.54, 1.807) is 12.4 Å². The molecule has 2 N–H and O–H groups in total. The highest BCUT2D eigenvalue weighted by Gasteiger charge is 2.26. The summed E-state index contributed by atoms with van der Waals surface area (Å²) in [6.07, 6.45) is 5.49. The Morgan fingerprint density at radius 3 is 2.81 bits per heavy atom. The van der Waals surface area contributed by atoms with E-state index < -0.39 is 0 Å². The Hall–Kier alpha value is -2.88. The van der Waals surface area contributed by atoms with E-state index in [9.17, 15) is 4.79 Å². The molecule has 27 heavy (non-hydrogen) atoms. The van der Waals surface area contributed by atoms with Gasteiger partial charge in [-0.3, -0.25) is 4.98 Å². The van der Waals surface area contributed by atoms with Gasteiger partial charge < -0.3 is 10.6 Å². The van der Waals surface area contributed by atoms with Gasteiger partial charge in [-0.2, -0.15) is 0 Å². The minimum absolute atomic E-state index is 0.0608. The Kier molecular flexibility index (Phi) is 4.34. The van der Waals surface area contributed by atoms with Crippen LogP contribution in [0, 0.1) is 0 Å². The van der Waals surface area contributed by atoms with E-state index >= 15 is 0 Å². The average molecular weight is 359 g/mol. The third-order valence-electron chi connectivity index (χ3n) is 5.32.